The number of rotatable bonds is 3. The molecule has 2 N–H and O–H groups in total. The van der Waals surface area contributed by atoms with Crippen molar-refractivity contribution in [3.8, 4) is 0 Å². The molecule has 0 aromatic rings. The highest BCUT2D eigenvalue weighted by atomic mass is 32.2. The Labute approximate surface area is 97.0 Å². The molecule has 6 heteroatoms. The monoisotopic (exact) mass is 248 g/mol. The Morgan fingerprint density at radius 1 is 1.31 bits per heavy atom. The summed E-state index contributed by atoms with van der Waals surface area (Å²) in [6.45, 7) is 4.59. The Hall–Kier alpha value is -0.170. The predicted molar refractivity (Wildman–Crippen MR) is 61.1 cm³/mol. The molecule has 5 nitrogen and oxygen atoms in total. The minimum Gasteiger partial charge on any atom is -0.392 e. The van der Waals surface area contributed by atoms with Crippen molar-refractivity contribution in [2.45, 2.75) is 45.3 Å². The zero-order chi connectivity index (χ0) is 12.0. The first-order valence-corrected chi connectivity index (χ1v) is 7.21. The van der Waals surface area contributed by atoms with E-state index in [2.05, 4.69) is 4.72 Å². The van der Waals surface area contributed by atoms with Gasteiger partial charge in [0, 0.05) is 24.5 Å². The molecule has 1 unspecified atom stereocenters. The van der Waals surface area contributed by atoms with Crippen LogP contribution in [0, 0.1) is 5.41 Å². The minimum atomic E-state index is -3.34. The Morgan fingerprint density at radius 2 is 1.94 bits per heavy atom. The van der Waals surface area contributed by atoms with E-state index in [-0.39, 0.29) is 11.5 Å². The normalized spacial score (nSPS) is 31.6. The van der Waals surface area contributed by atoms with Crippen LogP contribution in [0.1, 0.15) is 33.1 Å². The van der Waals surface area contributed by atoms with Crippen LogP contribution in [0.15, 0.2) is 0 Å². The van der Waals surface area contributed by atoms with Crippen LogP contribution >= 0.6 is 0 Å². The molecule has 0 bridgehead atoms. The maximum Gasteiger partial charge on any atom is 0.279 e. The fourth-order valence-electron chi connectivity index (χ4n) is 1.99. The topological polar surface area (TPSA) is 69.6 Å². The maximum atomic E-state index is 12.0. The molecular weight excluding hydrogens is 228 g/mol. The number of nitrogens with zero attached hydrogens (tertiary/aromatic N) is 1. The third-order valence-corrected chi connectivity index (χ3v) is 4.99. The summed E-state index contributed by atoms with van der Waals surface area (Å²) in [6.07, 6.45) is 1.98. The van der Waals surface area contributed by atoms with Crippen molar-refractivity contribution in [2.75, 3.05) is 13.1 Å². The van der Waals surface area contributed by atoms with Crippen molar-refractivity contribution in [1.82, 2.24) is 9.03 Å². The molecule has 0 aromatic carbocycles. The van der Waals surface area contributed by atoms with Crippen LogP contribution in [0.5, 0.6) is 0 Å². The molecule has 16 heavy (non-hydrogen) atoms. The van der Waals surface area contributed by atoms with E-state index >= 15 is 0 Å². The van der Waals surface area contributed by atoms with Crippen LogP contribution in [0.2, 0.25) is 0 Å². The maximum absolute atomic E-state index is 12.0. The third-order valence-electron chi connectivity index (χ3n) is 3.37. The first kappa shape index (κ1) is 12.3. The van der Waals surface area contributed by atoms with Crippen LogP contribution in [-0.2, 0) is 10.2 Å². The molecule has 1 aliphatic heterocycles. The molecule has 2 aliphatic rings. The summed E-state index contributed by atoms with van der Waals surface area (Å²) in [5, 5.41) is 9.77. The fourth-order valence-corrected chi connectivity index (χ4v) is 3.64. The molecule has 94 valence electrons. The summed E-state index contributed by atoms with van der Waals surface area (Å²) in [6, 6.07) is 0.139. The predicted octanol–water partition coefficient (Wildman–Crippen LogP) is 0.0760. The molecule has 2 rings (SSSR count). The highest BCUT2D eigenvalue weighted by Crippen LogP contribution is 2.31. The Balaban J connectivity index is 2.04. The third kappa shape index (κ3) is 2.56. The van der Waals surface area contributed by atoms with Gasteiger partial charge in [0.05, 0.1) is 6.10 Å². The van der Waals surface area contributed by atoms with Crippen molar-refractivity contribution >= 4 is 10.2 Å². The number of aliphatic hydroxyl groups is 1. The lowest BCUT2D eigenvalue weighted by Crippen LogP contribution is -2.53. The highest BCUT2D eigenvalue weighted by molar-refractivity contribution is 7.87. The lowest BCUT2D eigenvalue weighted by atomic mass is 9.82. The largest absolute Gasteiger partial charge is 0.392 e. The Kier molecular flexibility index (Phi) is 3.03. The van der Waals surface area contributed by atoms with E-state index < -0.39 is 16.3 Å². The van der Waals surface area contributed by atoms with Crippen LogP contribution in [0.3, 0.4) is 0 Å². The van der Waals surface area contributed by atoms with E-state index in [9.17, 15) is 13.5 Å². The van der Waals surface area contributed by atoms with Gasteiger partial charge < -0.3 is 5.11 Å². The molecule has 1 saturated heterocycles. The standard InChI is InChI=1S/C10H20N2O3S/c1-10(2)7-12(6-5-9(10)13)16(14,15)11-8-3-4-8/h8-9,11,13H,3-7H2,1-2H3. The first-order valence-electron chi connectivity index (χ1n) is 5.77. The van der Waals surface area contributed by atoms with Gasteiger partial charge in [0.15, 0.2) is 0 Å². The van der Waals surface area contributed by atoms with Gasteiger partial charge >= 0.3 is 0 Å². The number of hydrogen-bond acceptors (Lipinski definition) is 3. The van der Waals surface area contributed by atoms with E-state index in [0.29, 0.717) is 19.5 Å². The van der Waals surface area contributed by atoms with Crippen molar-refractivity contribution in [1.29, 1.82) is 0 Å². The van der Waals surface area contributed by atoms with Gasteiger partial charge in [-0.25, -0.2) is 0 Å². The quantitative estimate of drug-likeness (QED) is 0.743. The number of hydrogen-bond donors (Lipinski definition) is 2. The zero-order valence-electron chi connectivity index (χ0n) is 9.81. The van der Waals surface area contributed by atoms with E-state index in [1.165, 1.54) is 4.31 Å². The van der Waals surface area contributed by atoms with E-state index in [4.69, 9.17) is 0 Å². The van der Waals surface area contributed by atoms with Gasteiger partial charge in [-0.05, 0) is 19.3 Å². The molecule has 0 radical (unpaired) electrons. The van der Waals surface area contributed by atoms with Gasteiger partial charge in [-0.15, -0.1) is 0 Å². The SMILES string of the molecule is CC1(C)CN(S(=O)(=O)NC2CC2)CCC1O. The van der Waals surface area contributed by atoms with Crippen LogP contribution < -0.4 is 4.72 Å². The van der Waals surface area contributed by atoms with Gasteiger partial charge in [0.25, 0.3) is 10.2 Å². The Bertz CT molecular complexity index is 362. The van der Waals surface area contributed by atoms with Gasteiger partial charge in [-0.1, -0.05) is 13.8 Å². The molecule has 1 saturated carbocycles. The van der Waals surface area contributed by atoms with E-state index in [1.54, 1.807) is 0 Å². The molecule has 1 atom stereocenters. The van der Waals surface area contributed by atoms with E-state index in [1.807, 2.05) is 13.8 Å². The molecule has 0 amide bonds. The summed E-state index contributed by atoms with van der Waals surface area (Å²) in [4.78, 5) is 0. The molecule has 0 aromatic heterocycles. The molecule has 2 fully saturated rings. The van der Waals surface area contributed by atoms with Crippen molar-refractivity contribution in [2.24, 2.45) is 5.41 Å². The Morgan fingerprint density at radius 3 is 2.44 bits per heavy atom. The average molecular weight is 248 g/mol. The fraction of sp³-hybridized carbons (Fsp3) is 1.00. The zero-order valence-corrected chi connectivity index (χ0v) is 10.6. The van der Waals surface area contributed by atoms with Crippen molar-refractivity contribution < 1.29 is 13.5 Å². The van der Waals surface area contributed by atoms with Gasteiger partial charge in [-0.2, -0.15) is 17.4 Å². The van der Waals surface area contributed by atoms with Crippen molar-refractivity contribution in [3.63, 3.8) is 0 Å². The van der Waals surface area contributed by atoms with Crippen molar-refractivity contribution in [3.05, 3.63) is 0 Å². The summed E-state index contributed by atoms with van der Waals surface area (Å²) >= 11 is 0. The molecular formula is C10H20N2O3S. The average Bonchev–Trinajstić information content (AvgIpc) is 2.92. The summed E-state index contributed by atoms with van der Waals surface area (Å²) in [5.41, 5.74) is -0.365. The number of nitrogens with one attached hydrogen (secondary N) is 1. The lowest BCUT2D eigenvalue weighted by Gasteiger charge is -2.40. The summed E-state index contributed by atoms with van der Waals surface area (Å²) in [7, 11) is -3.34. The van der Waals surface area contributed by atoms with Crippen LogP contribution in [-0.4, -0.2) is 43.1 Å². The summed E-state index contributed by atoms with van der Waals surface area (Å²) in [5.74, 6) is 0. The van der Waals surface area contributed by atoms with Gasteiger partial charge in [-0.3, -0.25) is 0 Å². The highest BCUT2D eigenvalue weighted by Gasteiger charge is 2.40. The number of piperidine rings is 1. The first-order chi connectivity index (χ1) is 7.31. The second-order valence-electron chi connectivity index (χ2n) is 5.52. The van der Waals surface area contributed by atoms with Gasteiger partial charge in [0.2, 0.25) is 0 Å². The molecule has 1 aliphatic carbocycles. The van der Waals surface area contributed by atoms with E-state index in [0.717, 1.165) is 12.8 Å². The minimum absolute atomic E-state index is 0.139. The van der Waals surface area contributed by atoms with Crippen LogP contribution in [0.25, 0.3) is 0 Å². The van der Waals surface area contributed by atoms with Gasteiger partial charge in [0.1, 0.15) is 0 Å². The molecule has 1 heterocycles. The number of aliphatic hydroxyl groups excluding tert-OH is 1. The molecule has 0 spiro atoms. The second kappa shape index (κ2) is 3.94. The second-order valence-corrected chi connectivity index (χ2v) is 7.23. The summed E-state index contributed by atoms with van der Waals surface area (Å²) < 4.78 is 28.1. The van der Waals surface area contributed by atoms with Crippen LogP contribution in [0.4, 0.5) is 0 Å². The smallest absolute Gasteiger partial charge is 0.279 e. The lowest BCUT2D eigenvalue weighted by molar-refractivity contribution is -0.000626.